The number of nitrogens with zero attached hydrogens (tertiary/aromatic N) is 2. The van der Waals surface area contributed by atoms with Crippen molar-refractivity contribution in [2.24, 2.45) is 0 Å². The Morgan fingerprint density at radius 3 is 2.67 bits per heavy atom. The van der Waals surface area contributed by atoms with Gasteiger partial charge in [-0.2, -0.15) is 0 Å². The Kier molecular flexibility index (Phi) is 4.12. The standard InChI is InChI=1S/C20H17N3O4/c1-27-14-7-6-12-10-13-8-9-23(18(13)21-17(12)11-14)22-19(24)15-4-2-3-5-16(15)20(25)26/h2-7,10-11H,8-9H2,1H3,(H,22,24)(H,25,26). The van der Waals surface area contributed by atoms with Gasteiger partial charge >= 0.3 is 5.97 Å². The monoisotopic (exact) mass is 363 g/mol. The fourth-order valence-electron chi connectivity index (χ4n) is 3.22. The minimum absolute atomic E-state index is 0.0365. The number of carboxylic acids is 1. The number of pyridine rings is 1. The van der Waals surface area contributed by atoms with Crippen LogP contribution in [0.4, 0.5) is 5.82 Å². The van der Waals surface area contributed by atoms with Crippen LogP contribution in [0, 0.1) is 0 Å². The fourth-order valence-corrected chi connectivity index (χ4v) is 3.22. The predicted molar refractivity (Wildman–Crippen MR) is 100 cm³/mol. The van der Waals surface area contributed by atoms with Gasteiger partial charge in [0.25, 0.3) is 5.91 Å². The summed E-state index contributed by atoms with van der Waals surface area (Å²) in [6, 6.07) is 13.9. The lowest BCUT2D eigenvalue weighted by atomic mass is 10.1. The largest absolute Gasteiger partial charge is 0.497 e. The molecule has 0 radical (unpaired) electrons. The molecule has 2 N–H and O–H groups in total. The van der Waals surface area contributed by atoms with E-state index in [2.05, 4.69) is 16.5 Å². The van der Waals surface area contributed by atoms with E-state index >= 15 is 0 Å². The van der Waals surface area contributed by atoms with E-state index in [4.69, 9.17) is 4.74 Å². The zero-order valence-electron chi connectivity index (χ0n) is 14.6. The SMILES string of the molecule is COc1ccc2cc3c(nc2c1)N(NC(=O)c1ccccc1C(=O)O)CC3. The van der Waals surface area contributed by atoms with Crippen molar-refractivity contribution >= 4 is 28.6 Å². The van der Waals surface area contributed by atoms with E-state index in [1.54, 1.807) is 24.3 Å². The smallest absolute Gasteiger partial charge is 0.336 e. The number of hydrogen-bond acceptors (Lipinski definition) is 5. The Balaban J connectivity index is 1.65. The molecule has 1 aliphatic heterocycles. The summed E-state index contributed by atoms with van der Waals surface area (Å²) in [7, 11) is 1.60. The number of carbonyl (C=O) groups excluding carboxylic acids is 1. The topological polar surface area (TPSA) is 91.8 Å². The third kappa shape index (κ3) is 3.03. The number of benzene rings is 2. The van der Waals surface area contributed by atoms with Crippen LogP contribution in [0.25, 0.3) is 10.9 Å². The highest BCUT2D eigenvalue weighted by molar-refractivity contribution is 6.05. The summed E-state index contributed by atoms with van der Waals surface area (Å²) in [6.07, 6.45) is 0.741. The number of anilines is 1. The molecule has 0 saturated heterocycles. The molecule has 0 spiro atoms. The molecule has 136 valence electrons. The number of hydrazine groups is 1. The molecule has 7 nitrogen and oxygen atoms in total. The first-order valence-electron chi connectivity index (χ1n) is 8.45. The number of amides is 1. The summed E-state index contributed by atoms with van der Waals surface area (Å²) in [5.74, 6) is -0.247. The lowest BCUT2D eigenvalue weighted by Gasteiger charge is -2.20. The van der Waals surface area contributed by atoms with Gasteiger partial charge in [-0.25, -0.2) is 9.78 Å². The Labute approximate surface area is 155 Å². The highest BCUT2D eigenvalue weighted by Gasteiger charge is 2.25. The molecule has 0 fully saturated rings. The first-order chi connectivity index (χ1) is 13.1. The average Bonchev–Trinajstić information content (AvgIpc) is 3.07. The number of aromatic carboxylic acids is 1. The Hall–Kier alpha value is -3.61. The first-order valence-corrected chi connectivity index (χ1v) is 8.45. The molecular weight excluding hydrogens is 346 g/mol. The van der Waals surface area contributed by atoms with E-state index in [9.17, 15) is 14.7 Å². The summed E-state index contributed by atoms with van der Waals surface area (Å²) < 4.78 is 5.25. The van der Waals surface area contributed by atoms with Crippen molar-refractivity contribution in [3.05, 3.63) is 65.2 Å². The van der Waals surface area contributed by atoms with Gasteiger partial charge in [-0.15, -0.1) is 0 Å². The van der Waals surface area contributed by atoms with Crippen molar-refractivity contribution in [3.8, 4) is 5.75 Å². The van der Waals surface area contributed by atoms with Gasteiger partial charge in [-0.1, -0.05) is 12.1 Å². The van der Waals surface area contributed by atoms with Gasteiger partial charge in [-0.3, -0.25) is 15.2 Å². The van der Waals surface area contributed by atoms with Gasteiger partial charge in [0.05, 0.1) is 23.8 Å². The number of carbonyl (C=O) groups is 2. The van der Waals surface area contributed by atoms with E-state index in [1.165, 1.54) is 12.1 Å². The highest BCUT2D eigenvalue weighted by Crippen LogP contribution is 2.30. The van der Waals surface area contributed by atoms with Crippen molar-refractivity contribution in [2.45, 2.75) is 6.42 Å². The number of methoxy groups -OCH3 is 1. The molecule has 0 saturated carbocycles. The molecule has 4 rings (SSSR count). The van der Waals surface area contributed by atoms with E-state index in [0.717, 1.165) is 22.9 Å². The van der Waals surface area contributed by atoms with Crippen LogP contribution in [0.3, 0.4) is 0 Å². The second-order valence-corrected chi connectivity index (χ2v) is 6.22. The van der Waals surface area contributed by atoms with E-state index < -0.39 is 11.9 Å². The van der Waals surface area contributed by atoms with Crippen LogP contribution in [0.5, 0.6) is 5.75 Å². The molecule has 1 aromatic heterocycles. The minimum Gasteiger partial charge on any atom is -0.497 e. The van der Waals surface area contributed by atoms with E-state index in [1.807, 2.05) is 18.2 Å². The number of fused-ring (bicyclic) bond motifs is 2. The number of ether oxygens (including phenoxy) is 1. The summed E-state index contributed by atoms with van der Waals surface area (Å²) >= 11 is 0. The maximum Gasteiger partial charge on any atom is 0.336 e. The molecule has 0 aliphatic carbocycles. The van der Waals surface area contributed by atoms with Crippen molar-refractivity contribution < 1.29 is 19.4 Å². The van der Waals surface area contributed by atoms with Crippen LogP contribution in [0.15, 0.2) is 48.5 Å². The summed E-state index contributed by atoms with van der Waals surface area (Å²) in [6.45, 7) is 0.566. The highest BCUT2D eigenvalue weighted by atomic mass is 16.5. The molecule has 7 heteroatoms. The maximum absolute atomic E-state index is 12.6. The number of aromatic nitrogens is 1. The zero-order chi connectivity index (χ0) is 19.0. The second kappa shape index (κ2) is 6.60. The predicted octanol–water partition coefficient (Wildman–Crippen LogP) is 2.65. The summed E-state index contributed by atoms with van der Waals surface area (Å²) in [4.78, 5) is 28.7. The van der Waals surface area contributed by atoms with Gasteiger partial charge in [0.2, 0.25) is 0 Å². The minimum atomic E-state index is -1.14. The van der Waals surface area contributed by atoms with Crippen LogP contribution in [0.1, 0.15) is 26.3 Å². The van der Waals surface area contributed by atoms with Crippen LogP contribution >= 0.6 is 0 Å². The number of carboxylic acid groups (broad SMARTS) is 1. The van der Waals surface area contributed by atoms with Gasteiger partial charge in [0.1, 0.15) is 5.75 Å². The third-order valence-electron chi connectivity index (χ3n) is 4.58. The van der Waals surface area contributed by atoms with Crippen molar-refractivity contribution in [3.63, 3.8) is 0 Å². The molecule has 1 aliphatic rings. The van der Waals surface area contributed by atoms with Gasteiger partial charge < -0.3 is 9.84 Å². The summed E-state index contributed by atoms with van der Waals surface area (Å²) in [5, 5.41) is 11.9. The fraction of sp³-hybridized carbons (Fsp3) is 0.150. The molecule has 0 bridgehead atoms. The molecule has 0 atom stereocenters. The summed E-state index contributed by atoms with van der Waals surface area (Å²) in [5.41, 5.74) is 4.64. The van der Waals surface area contributed by atoms with Crippen LogP contribution in [-0.4, -0.2) is 35.6 Å². The molecule has 2 aromatic carbocycles. The zero-order valence-corrected chi connectivity index (χ0v) is 14.6. The number of hydrogen-bond donors (Lipinski definition) is 2. The van der Waals surface area contributed by atoms with E-state index in [0.29, 0.717) is 18.1 Å². The Morgan fingerprint density at radius 1 is 1.15 bits per heavy atom. The lowest BCUT2D eigenvalue weighted by molar-refractivity contribution is 0.0691. The molecule has 1 amide bonds. The molecular formula is C20H17N3O4. The van der Waals surface area contributed by atoms with Gasteiger partial charge in [0, 0.05) is 18.0 Å². The molecule has 0 unspecified atom stereocenters. The quantitative estimate of drug-likeness (QED) is 0.740. The van der Waals surface area contributed by atoms with Crippen molar-refractivity contribution in [2.75, 3.05) is 18.7 Å². The van der Waals surface area contributed by atoms with Crippen LogP contribution in [-0.2, 0) is 6.42 Å². The Bertz CT molecular complexity index is 1060. The van der Waals surface area contributed by atoms with Crippen molar-refractivity contribution in [1.82, 2.24) is 10.4 Å². The molecule has 3 aromatic rings. The average molecular weight is 363 g/mol. The Morgan fingerprint density at radius 2 is 1.93 bits per heavy atom. The van der Waals surface area contributed by atoms with Gasteiger partial charge in [0.15, 0.2) is 5.82 Å². The third-order valence-corrected chi connectivity index (χ3v) is 4.58. The number of nitrogens with one attached hydrogen (secondary N) is 1. The lowest BCUT2D eigenvalue weighted by Crippen LogP contribution is -2.42. The van der Waals surface area contributed by atoms with Gasteiger partial charge in [-0.05, 0) is 42.3 Å². The molecule has 27 heavy (non-hydrogen) atoms. The maximum atomic E-state index is 12.6. The van der Waals surface area contributed by atoms with Crippen LogP contribution < -0.4 is 15.2 Å². The first kappa shape index (κ1) is 16.8. The van der Waals surface area contributed by atoms with Crippen LogP contribution in [0.2, 0.25) is 0 Å². The van der Waals surface area contributed by atoms with E-state index in [-0.39, 0.29) is 11.1 Å². The molecule has 2 heterocycles. The van der Waals surface area contributed by atoms with Crippen molar-refractivity contribution in [1.29, 1.82) is 0 Å². The number of rotatable bonds is 4. The normalized spacial score (nSPS) is 12.7. The second-order valence-electron chi connectivity index (χ2n) is 6.22.